The molecule has 0 aliphatic carbocycles. The molecule has 0 aliphatic heterocycles. The van der Waals surface area contributed by atoms with Gasteiger partial charge in [-0.2, -0.15) is 0 Å². The maximum absolute atomic E-state index is 12.9. The van der Waals surface area contributed by atoms with E-state index in [0.717, 1.165) is 10.5 Å². The van der Waals surface area contributed by atoms with Crippen molar-refractivity contribution in [2.45, 2.75) is 31.2 Å². The fourth-order valence-corrected chi connectivity index (χ4v) is 3.56. The van der Waals surface area contributed by atoms with Gasteiger partial charge in [0.1, 0.15) is 6.04 Å². The predicted octanol–water partition coefficient (Wildman–Crippen LogP) is 4.03. The van der Waals surface area contributed by atoms with Gasteiger partial charge in [0.25, 0.3) is 0 Å². The van der Waals surface area contributed by atoms with E-state index >= 15 is 0 Å². The largest absolute Gasteiger partial charge is 0.355 e. The van der Waals surface area contributed by atoms with E-state index in [1.807, 2.05) is 49.4 Å². The molecule has 0 aliphatic rings. The summed E-state index contributed by atoms with van der Waals surface area (Å²) in [4.78, 5) is 27.8. The predicted molar refractivity (Wildman–Crippen MR) is 112 cm³/mol. The van der Waals surface area contributed by atoms with Gasteiger partial charge < -0.3 is 10.2 Å². The van der Waals surface area contributed by atoms with E-state index in [2.05, 4.69) is 5.32 Å². The number of nitrogens with zero attached hydrogens (tertiary/aromatic N) is 1. The van der Waals surface area contributed by atoms with Crippen LogP contribution in [0.1, 0.15) is 19.4 Å². The van der Waals surface area contributed by atoms with Crippen LogP contribution < -0.4 is 5.32 Å². The number of thioether (sulfide) groups is 1. The van der Waals surface area contributed by atoms with Crippen LogP contribution in [0.4, 0.5) is 0 Å². The molecule has 27 heavy (non-hydrogen) atoms. The normalized spacial score (nSPS) is 11.7. The van der Waals surface area contributed by atoms with Crippen molar-refractivity contribution in [2.24, 2.45) is 0 Å². The molecule has 0 heterocycles. The molecule has 0 aromatic heterocycles. The van der Waals surface area contributed by atoms with Crippen LogP contribution in [0.25, 0.3) is 0 Å². The molecule has 2 aromatic carbocycles. The molecule has 4 nitrogen and oxygen atoms in total. The van der Waals surface area contributed by atoms with E-state index < -0.39 is 6.04 Å². The number of halogens is 1. The number of nitrogens with one attached hydrogen (secondary N) is 1. The minimum atomic E-state index is -0.507. The molecular weight excluding hydrogens is 380 g/mol. The van der Waals surface area contributed by atoms with Crippen molar-refractivity contribution >= 4 is 35.2 Å². The molecule has 0 unspecified atom stereocenters. The number of benzene rings is 2. The summed E-state index contributed by atoms with van der Waals surface area (Å²) in [7, 11) is 0. The number of carbonyl (C=O) groups is 2. The Morgan fingerprint density at radius 3 is 2.41 bits per heavy atom. The Morgan fingerprint density at radius 2 is 1.78 bits per heavy atom. The second kappa shape index (κ2) is 11.0. The number of hydrogen-bond acceptors (Lipinski definition) is 3. The summed E-state index contributed by atoms with van der Waals surface area (Å²) >= 11 is 7.35. The third-order valence-corrected chi connectivity index (χ3v) is 5.43. The molecule has 0 bridgehead atoms. The molecule has 0 saturated heterocycles. The lowest BCUT2D eigenvalue weighted by Crippen LogP contribution is -2.49. The van der Waals surface area contributed by atoms with Crippen molar-refractivity contribution < 1.29 is 9.59 Å². The highest BCUT2D eigenvalue weighted by atomic mass is 35.5. The van der Waals surface area contributed by atoms with Crippen LogP contribution in [-0.2, 0) is 16.0 Å². The number of likely N-dealkylation sites (N-methyl/N-ethyl adjacent to an activating group) is 1. The molecule has 0 spiro atoms. The second-order valence-electron chi connectivity index (χ2n) is 6.14. The van der Waals surface area contributed by atoms with Crippen LogP contribution in [0.5, 0.6) is 0 Å². The summed E-state index contributed by atoms with van der Waals surface area (Å²) in [5.74, 6) is 0.0974. The molecule has 1 N–H and O–H groups in total. The summed E-state index contributed by atoms with van der Waals surface area (Å²) in [6, 6.07) is 16.9. The summed E-state index contributed by atoms with van der Waals surface area (Å²) in [5, 5.41) is 3.47. The zero-order valence-corrected chi connectivity index (χ0v) is 17.2. The number of rotatable bonds is 9. The lowest BCUT2D eigenvalue weighted by atomic mass is 10.1. The van der Waals surface area contributed by atoms with Crippen molar-refractivity contribution in [3.8, 4) is 0 Å². The standard InChI is InChI=1S/C21H25ClN2O2S/c1-3-23-21(26)16(2)24(14-13-17-7-5-4-6-8-17)20(25)15-27-19-11-9-18(22)10-12-19/h4-12,16H,3,13-15H2,1-2H3,(H,23,26)/t16-/m1/s1. The van der Waals surface area contributed by atoms with Crippen LogP contribution in [0.15, 0.2) is 59.5 Å². The zero-order valence-electron chi connectivity index (χ0n) is 15.7. The van der Waals surface area contributed by atoms with Gasteiger partial charge >= 0.3 is 0 Å². The smallest absolute Gasteiger partial charge is 0.242 e. The van der Waals surface area contributed by atoms with Crippen molar-refractivity contribution in [3.05, 3.63) is 65.2 Å². The van der Waals surface area contributed by atoms with Gasteiger partial charge in [0.2, 0.25) is 11.8 Å². The first-order chi connectivity index (χ1) is 13.0. The van der Waals surface area contributed by atoms with Gasteiger partial charge in [-0.25, -0.2) is 0 Å². The van der Waals surface area contributed by atoms with Crippen LogP contribution in [0.3, 0.4) is 0 Å². The summed E-state index contributed by atoms with van der Waals surface area (Å²) in [6.45, 7) is 4.70. The van der Waals surface area contributed by atoms with E-state index in [4.69, 9.17) is 11.6 Å². The van der Waals surface area contributed by atoms with Gasteiger partial charge in [0, 0.05) is 23.0 Å². The summed E-state index contributed by atoms with van der Waals surface area (Å²) in [5.41, 5.74) is 1.14. The highest BCUT2D eigenvalue weighted by molar-refractivity contribution is 8.00. The highest BCUT2D eigenvalue weighted by Crippen LogP contribution is 2.21. The van der Waals surface area contributed by atoms with Gasteiger partial charge in [-0.3, -0.25) is 9.59 Å². The molecule has 144 valence electrons. The Kier molecular flexibility index (Phi) is 8.69. The first-order valence-corrected chi connectivity index (χ1v) is 10.4. The first-order valence-electron chi connectivity index (χ1n) is 9.00. The van der Waals surface area contributed by atoms with E-state index in [1.54, 1.807) is 24.0 Å². The second-order valence-corrected chi connectivity index (χ2v) is 7.62. The lowest BCUT2D eigenvalue weighted by molar-refractivity contribution is -0.137. The van der Waals surface area contributed by atoms with Crippen LogP contribution in [0.2, 0.25) is 5.02 Å². The Morgan fingerprint density at radius 1 is 1.11 bits per heavy atom. The van der Waals surface area contributed by atoms with Crippen molar-refractivity contribution in [1.29, 1.82) is 0 Å². The van der Waals surface area contributed by atoms with Crippen molar-refractivity contribution in [3.63, 3.8) is 0 Å². The highest BCUT2D eigenvalue weighted by Gasteiger charge is 2.25. The maximum atomic E-state index is 12.9. The fourth-order valence-electron chi connectivity index (χ4n) is 2.65. The summed E-state index contributed by atoms with van der Waals surface area (Å²) < 4.78 is 0. The maximum Gasteiger partial charge on any atom is 0.242 e. The quantitative estimate of drug-likeness (QED) is 0.642. The molecule has 1 atom stereocenters. The minimum Gasteiger partial charge on any atom is -0.355 e. The number of hydrogen-bond donors (Lipinski definition) is 1. The SMILES string of the molecule is CCNC(=O)[C@@H](C)N(CCc1ccccc1)C(=O)CSc1ccc(Cl)cc1. The van der Waals surface area contributed by atoms with Crippen molar-refractivity contribution in [1.82, 2.24) is 10.2 Å². The Labute approximate surface area is 170 Å². The van der Waals surface area contributed by atoms with E-state index in [0.29, 0.717) is 24.5 Å². The van der Waals surface area contributed by atoms with Gasteiger partial charge in [-0.05, 0) is 50.1 Å². The molecule has 0 fully saturated rings. The average molecular weight is 405 g/mol. The molecular formula is C21H25ClN2O2S. The van der Waals surface area contributed by atoms with Crippen LogP contribution >= 0.6 is 23.4 Å². The molecule has 2 aromatic rings. The van der Waals surface area contributed by atoms with E-state index in [1.165, 1.54) is 11.8 Å². The summed E-state index contributed by atoms with van der Waals surface area (Å²) in [6.07, 6.45) is 0.710. The third-order valence-electron chi connectivity index (χ3n) is 4.18. The van der Waals surface area contributed by atoms with Gasteiger partial charge in [0.15, 0.2) is 0 Å². The molecule has 2 rings (SSSR count). The van der Waals surface area contributed by atoms with Crippen molar-refractivity contribution in [2.75, 3.05) is 18.8 Å². The zero-order chi connectivity index (χ0) is 19.6. The van der Waals surface area contributed by atoms with E-state index in [-0.39, 0.29) is 17.6 Å². The van der Waals surface area contributed by atoms with Gasteiger partial charge in [0.05, 0.1) is 5.75 Å². The van der Waals surface area contributed by atoms with Crippen LogP contribution in [0, 0.1) is 0 Å². The fraction of sp³-hybridized carbons (Fsp3) is 0.333. The first kappa shape index (κ1) is 21.3. The van der Waals surface area contributed by atoms with E-state index in [9.17, 15) is 9.59 Å². The molecule has 2 amide bonds. The number of amides is 2. The Balaban J connectivity index is 2.03. The Bertz CT molecular complexity index is 738. The molecule has 6 heteroatoms. The van der Waals surface area contributed by atoms with Crippen LogP contribution in [-0.4, -0.2) is 41.6 Å². The lowest BCUT2D eigenvalue weighted by Gasteiger charge is -2.28. The number of carbonyl (C=O) groups excluding carboxylic acids is 2. The Hall–Kier alpha value is -1.98. The average Bonchev–Trinajstić information content (AvgIpc) is 2.68. The molecule has 0 saturated carbocycles. The topological polar surface area (TPSA) is 49.4 Å². The monoisotopic (exact) mass is 404 g/mol. The van der Waals surface area contributed by atoms with Gasteiger partial charge in [-0.1, -0.05) is 41.9 Å². The minimum absolute atomic E-state index is 0.0513. The third kappa shape index (κ3) is 6.92. The molecule has 0 radical (unpaired) electrons. The van der Waals surface area contributed by atoms with Gasteiger partial charge in [-0.15, -0.1) is 11.8 Å².